The van der Waals surface area contributed by atoms with Crippen LogP contribution in [0.1, 0.15) is 63.2 Å². The number of hydrogen-bond donors (Lipinski definition) is 3. The number of rotatable bonds is 12. The molecule has 0 spiro atoms. The van der Waals surface area contributed by atoms with Gasteiger partial charge in [-0.3, -0.25) is 19.3 Å². The van der Waals surface area contributed by atoms with Crippen LogP contribution >= 0.6 is 0 Å². The van der Waals surface area contributed by atoms with Gasteiger partial charge in [0.15, 0.2) is 0 Å². The summed E-state index contributed by atoms with van der Waals surface area (Å²) >= 11 is 0. The fraction of sp³-hybridized carbons (Fsp3) is 0.407. The second-order valence-corrected chi connectivity index (χ2v) is 9.00. The summed E-state index contributed by atoms with van der Waals surface area (Å²) < 4.78 is 5.39. The maximum absolute atomic E-state index is 12.8. The number of ether oxygens (including phenoxy) is 1. The van der Waals surface area contributed by atoms with Crippen molar-refractivity contribution in [3.63, 3.8) is 0 Å². The Morgan fingerprint density at radius 3 is 2.19 bits per heavy atom. The quantitative estimate of drug-likeness (QED) is 0.295. The smallest absolute Gasteiger partial charge is 0.325 e. The molecule has 0 radical (unpaired) electrons. The number of urea groups is 1. The zero-order chi connectivity index (χ0) is 26.1. The number of nitrogens with one attached hydrogen (secondary N) is 3. The van der Waals surface area contributed by atoms with Crippen molar-refractivity contribution in [1.29, 1.82) is 0 Å². The van der Waals surface area contributed by atoms with Gasteiger partial charge in [0.2, 0.25) is 5.91 Å². The molecule has 1 saturated heterocycles. The lowest BCUT2D eigenvalue weighted by Gasteiger charge is -2.21. The highest BCUT2D eigenvalue weighted by Gasteiger charge is 2.47. The van der Waals surface area contributed by atoms with Crippen LogP contribution in [0.2, 0.25) is 0 Å². The zero-order valence-corrected chi connectivity index (χ0v) is 21.1. The van der Waals surface area contributed by atoms with Gasteiger partial charge in [-0.25, -0.2) is 4.79 Å². The number of anilines is 2. The number of carbonyl (C=O) groups excluding carboxylic acids is 4. The van der Waals surface area contributed by atoms with E-state index in [0.29, 0.717) is 30.0 Å². The summed E-state index contributed by atoms with van der Waals surface area (Å²) in [6, 6.07) is 12.8. The second kappa shape index (κ2) is 12.2. The summed E-state index contributed by atoms with van der Waals surface area (Å²) in [5, 5.41) is 8.21. The summed E-state index contributed by atoms with van der Waals surface area (Å²) in [5.41, 5.74) is 0.511. The van der Waals surface area contributed by atoms with E-state index in [-0.39, 0.29) is 18.4 Å². The molecular weight excluding hydrogens is 460 g/mol. The van der Waals surface area contributed by atoms with E-state index in [2.05, 4.69) is 22.9 Å². The van der Waals surface area contributed by atoms with E-state index in [1.165, 1.54) is 0 Å². The van der Waals surface area contributed by atoms with Crippen LogP contribution in [0.15, 0.2) is 48.5 Å². The minimum atomic E-state index is -0.983. The third kappa shape index (κ3) is 6.84. The molecule has 2 aromatic rings. The predicted octanol–water partition coefficient (Wildman–Crippen LogP) is 4.56. The van der Waals surface area contributed by atoms with E-state index >= 15 is 0 Å². The molecule has 3 rings (SSSR count). The number of unbranched alkanes of at least 4 members (excludes halogenated alkanes) is 3. The van der Waals surface area contributed by atoms with Crippen molar-refractivity contribution in [3.8, 4) is 5.75 Å². The lowest BCUT2D eigenvalue weighted by Crippen LogP contribution is -2.44. The first-order valence-corrected chi connectivity index (χ1v) is 12.3. The summed E-state index contributed by atoms with van der Waals surface area (Å²) in [4.78, 5) is 51.2. The van der Waals surface area contributed by atoms with Gasteiger partial charge in [-0.2, -0.15) is 0 Å². The monoisotopic (exact) mass is 494 g/mol. The molecule has 5 amide bonds. The van der Waals surface area contributed by atoms with Gasteiger partial charge in [-0.15, -0.1) is 0 Å². The Kier molecular flexibility index (Phi) is 9.05. The third-order valence-corrected chi connectivity index (χ3v) is 6.03. The zero-order valence-electron chi connectivity index (χ0n) is 21.1. The third-order valence-electron chi connectivity index (χ3n) is 6.03. The SMILES string of the molecule is CCCCCCC1(C)NC(=O)N(CC(=O)Nc2ccc(C(=O)Nc3ccc(OCC)cc3)cc2)C1=O. The summed E-state index contributed by atoms with van der Waals surface area (Å²) in [7, 11) is 0. The van der Waals surface area contributed by atoms with Gasteiger partial charge < -0.3 is 20.7 Å². The van der Waals surface area contributed by atoms with Crippen molar-refractivity contribution in [2.75, 3.05) is 23.8 Å². The molecule has 1 aliphatic heterocycles. The normalized spacial score (nSPS) is 17.0. The maximum atomic E-state index is 12.8. The fourth-order valence-electron chi connectivity index (χ4n) is 4.02. The van der Waals surface area contributed by atoms with Crippen LogP contribution in [-0.2, 0) is 9.59 Å². The molecule has 36 heavy (non-hydrogen) atoms. The number of hydrogen-bond acceptors (Lipinski definition) is 5. The lowest BCUT2D eigenvalue weighted by molar-refractivity contribution is -0.133. The molecule has 0 aliphatic carbocycles. The molecule has 1 atom stereocenters. The molecule has 2 aromatic carbocycles. The van der Waals surface area contributed by atoms with Crippen molar-refractivity contribution in [2.45, 2.75) is 58.4 Å². The van der Waals surface area contributed by atoms with Crippen LogP contribution in [0.5, 0.6) is 5.75 Å². The molecule has 9 nitrogen and oxygen atoms in total. The second-order valence-electron chi connectivity index (χ2n) is 9.00. The number of amides is 5. The van der Waals surface area contributed by atoms with E-state index < -0.39 is 17.5 Å². The highest BCUT2D eigenvalue weighted by molar-refractivity contribution is 6.10. The van der Waals surface area contributed by atoms with Crippen LogP contribution in [0.4, 0.5) is 16.2 Å². The molecule has 3 N–H and O–H groups in total. The van der Waals surface area contributed by atoms with E-state index in [1.54, 1.807) is 55.5 Å². The Bertz CT molecular complexity index is 1080. The summed E-state index contributed by atoms with van der Waals surface area (Å²) in [5.74, 6) is -0.462. The Balaban J connectivity index is 1.52. The topological polar surface area (TPSA) is 117 Å². The van der Waals surface area contributed by atoms with E-state index in [0.717, 1.165) is 36.3 Å². The molecular formula is C27H34N4O5. The number of carbonyl (C=O) groups is 4. The van der Waals surface area contributed by atoms with Crippen LogP contribution in [-0.4, -0.2) is 47.3 Å². The molecule has 9 heteroatoms. The van der Waals surface area contributed by atoms with E-state index in [1.807, 2.05) is 6.92 Å². The van der Waals surface area contributed by atoms with Crippen molar-refractivity contribution < 1.29 is 23.9 Å². The van der Waals surface area contributed by atoms with Crippen molar-refractivity contribution in [1.82, 2.24) is 10.2 Å². The Hall–Kier alpha value is -3.88. The highest BCUT2D eigenvalue weighted by Crippen LogP contribution is 2.24. The lowest BCUT2D eigenvalue weighted by atomic mass is 9.94. The molecule has 192 valence electrons. The first-order valence-electron chi connectivity index (χ1n) is 12.3. The van der Waals surface area contributed by atoms with Crippen LogP contribution in [0, 0.1) is 0 Å². The number of imide groups is 1. The largest absolute Gasteiger partial charge is 0.494 e. The van der Waals surface area contributed by atoms with Gasteiger partial charge in [0, 0.05) is 16.9 Å². The Morgan fingerprint density at radius 2 is 1.56 bits per heavy atom. The molecule has 1 aliphatic rings. The molecule has 1 heterocycles. The molecule has 0 aromatic heterocycles. The van der Waals surface area contributed by atoms with Gasteiger partial charge in [0.1, 0.15) is 17.8 Å². The van der Waals surface area contributed by atoms with E-state index in [9.17, 15) is 19.2 Å². The highest BCUT2D eigenvalue weighted by atomic mass is 16.5. The van der Waals surface area contributed by atoms with Crippen LogP contribution in [0.25, 0.3) is 0 Å². The Labute approximate surface area is 211 Å². The van der Waals surface area contributed by atoms with Gasteiger partial charge in [-0.05, 0) is 68.8 Å². The minimum Gasteiger partial charge on any atom is -0.494 e. The summed E-state index contributed by atoms with van der Waals surface area (Å²) in [6.45, 7) is 5.89. The number of benzene rings is 2. The molecule has 1 fully saturated rings. The average Bonchev–Trinajstić information content (AvgIpc) is 3.06. The first-order chi connectivity index (χ1) is 17.3. The van der Waals surface area contributed by atoms with Crippen molar-refractivity contribution >= 4 is 35.1 Å². The Morgan fingerprint density at radius 1 is 0.917 bits per heavy atom. The molecule has 0 bridgehead atoms. The van der Waals surface area contributed by atoms with Crippen LogP contribution in [0.3, 0.4) is 0 Å². The van der Waals surface area contributed by atoms with Crippen molar-refractivity contribution in [2.24, 2.45) is 0 Å². The standard InChI is InChI=1S/C27H34N4O5/c1-4-6-7-8-17-27(3)25(34)31(26(35)30-27)18-23(32)28-20-11-9-19(10-12-20)24(33)29-21-13-15-22(16-14-21)36-5-2/h9-16H,4-8,17-18H2,1-3H3,(H,28,32)(H,29,33)(H,30,35). The first kappa shape index (κ1) is 26.7. The summed E-state index contributed by atoms with van der Waals surface area (Å²) in [6.07, 6.45) is 4.51. The van der Waals surface area contributed by atoms with Gasteiger partial charge in [-0.1, -0.05) is 32.6 Å². The van der Waals surface area contributed by atoms with E-state index in [4.69, 9.17) is 4.74 Å². The molecule has 1 unspecified atom stereocenters. The predicted molar refractivity (Wildman–Crippen MR) is 138 cm³/mol. The van der Waals surface area contributed by atoms with Gasteiger partial charge >= 0.3 is 6.03 Å². The fourth-order valence-corrected chi connectivity index (χ4v) is 4.02. The van der Waals surface area contributed by atoms with Crippen molar-refractivity contribution in [3.05, 3.63) is 54.1 Å². The number of nitrogens with zero attached hydrogens (tertiary/aromatic N) is 1. The van der Waals surface area contributed by atoms with Gasteiger partial charge in [0.25, 0.3) is 11.8 Å². The minimum absolute atomic E-state index is 0.297. The average molecular weight is 495 g/mol. The molecule has 0 saturated carbocycles. The van der Waals surface area contributed by atoms with Crippen LogP contribution < -0.4 is 20.7 Å². The maximum Gasteiger partial charge on any atom is 0.325 e. The van der Waals surface area contributed by atoms with Gasteiger partial charge in [0.05, 0.1) is 6.61 Å².